The fourth-order valence-corrected chi connectivity index (χ4v) is 3.37. The summed E-state index contributed by atoms with van der Waals surface area (Å²) in [5, 5.41) is 0.0310. The highest BCUT2D eigenvalue weighted by Gasteiger charge is 2.33. The number of hydrogen-bond donors (Lipinski definition) is 1. The lowest BCUT2D eigenvalue weighted by Crippen LogP contribution is -2.45. The van der Waals surface area contributed by atoms with E-state index in [4.69, 9.17) is 5.73 Å². The van der Waals surface area contributed by atoms with E-state index in [9.17, 15) is 8.42 Å². The highest BCUT2D eigenvalue weighted by atomic mass is 32.2. The van der Waals surface area contributed by atoms with Gasteiger partial charge in [-0.15, -0.1) is 0 Å². The fourth-order valence-electron chi connectivity index (χ4n) is 1.66. The third-order valence-electron chi connectivity index (χ3n) is 2.35. The summed E-state index contributed by atoms with van der Waals surface area (Å²) in [4.78, 5) is 3.88. The van der Waals surface area contributed by atoms with Crippen LogP contribution < -0.4 is 5.73 Å². The smallest absolute Gasteiger partial charge is 0.260 e. The zero-order valence-corrected chi connectivity index (χ0v) is 11.5. The molecule has 2 N–H and O–H groups in total. The van der Waals surface area contributed by atoms with Crippen molar-refractivity contribution in [3.8, 4) is 0 Å². The van der Waals surface area contributed by atoms with Crippen LogP contribution in [0.5, 0.6) is 0 Å². The molecule has 0 bridgehead atoms. The Bertz CT molecular complexity index is 474. The molecule has 0 aliphatic heterocycles. The van der Waals surface area contributed by atoms with Crippen LogP contribution >= 0.6 is 0 Å². The first-order valence-electron chi connectivity index (χ1n) is 5.44. The van der Waals surface area contributed by atoms with Crippen molar-refractivity contribution in [3.63, 3.8) is 0 Å². The Kier molecular flexibility index (Phi) is 3.78. The van der Waals surface area contributed by atoms with Crippen molar-refractivity contribution >= 4 is 15.7 Å². The number of nitrogens with zero attached hydrogens (tertiary/aromatic N) is 2. The highest BCUT2D eigenvalue weighted by molar-refractivity contribution is 7.89. The lowest BCUT2D eigenvalue weighted by Gasteiger charge is -2.33. The molecular weight excluding hydrogens is 238 g/mol. The van der Waals surface area contributed by atoms with Crippen LogP contribution in [0.3, 0.4) is 0 Å². The van der Waals surface area contributed by atoms with E-state index in [1.54, 1.807) is 6.92 Å². The predicted molar refractivity (Wildman–Crippen MR) is 68.0 cm³/mol. The molecule has 0 spiro atoms. The van der Waals surface area contributed by atoms with Gasteiger partial charge >= 0.3 is 0 Å². The Labute approximate surface area is 103 Å². The number of pyridine rings is 1. The van der Waals surface area contributed by atoms with Crippen molar-refractivity contribution in [2.45, 2.75) is 38.3 Å². The molecular formula is C11H19N3O2S. The second kappa shape index (κ2) is 4.62. The molecule has 0 atom stereocenters. The Morgan fingerprint density at radius 1 is 1.35 bits per heavy atom. The van der Waals surface area contributed by atoms with Crippen molar-refractivity contribution in [2.24, 2.45) is 0 Å². The largest absolute Gasteiger partial charge is 0.397 e. The van der Waals surface area contributed by atoms with E-state index in [0.717, 1.165) is 0 Å². The molecule has 0 radical (unpaired) electrons. The maximum absolute atomic E-state index is 12.3. The van der Waals surface area contributed by atoms with E-state index < -0.39 is 15.6 Å². The van der Waals surface area contributed by atoms with Crippen molar-refractivity contribution in [1.82, 2.24) is 9.29 Å². The first kappa shape index (κ1) is 13.9. The minimum Gasteiger partial charge on any atom is -0.397 e. The van der Waals surface area contributed by atoms with Gasteiger partial charge in [-0.3, -0.25) is 0 Å². The molecule has 1 rings (SSSR count). The van der Waals surface area contributed by atoms with E-state index in [1.807, 2.05) is 20.8 Å². The van der Waals surface area contributed by atoms with Crippen molar-refractivity contribution in [2.75, 3.05) is 12.3 Å². The molecule has 0 saturated carbocycles. The average molecular weight is 257 g/mol. The molecule has 17 heavy (non-hydrogen) atoms. The number of sulfonamides is 1. The maximum atomic E-state index is 12.3. The van der Waals surface area contributed by atoms with Gasteiger partial charge in [-0.2, -0.15) is 4.31 Å². The molecule has 0 saturated heterocycles. The van der Waals surface area contributed by atoms with Gasteiger partial charge in [0.15, 0.2) is 5.03 Å². The summed E-state index contributed by atoms with van der Waals surface area (Å²) in [6.45, 7) is 7.76. The van der Waals surface area contributed by atoms with E-state index >= 15 is 0 Å². The second-order valence-electron chi connectivity index (χ2n) is 4.77. The molecule has 6 heteroatoms. The molecule has 0 aliphatic carbocycles. The number of nitrogen functional groups attached to an aromatic ring is 1. The summed E-state index contributed by atoms with van der Waals surface area (Å²) in [6.07, 6.45) is 1.35. The summed E-state index contributed by atoms with van der Waals surface area (Å²) < 4.78 is 26.1. The number of aromatic nitrogens is 1. The van der Waals surface area contributed by atoms with Crippen molar-refractivity contribution in [3.05, 3.63) is 18.3 Å². The first-order valence-corrected chi connectivity index (χ1v) is 6.88. The van der Waals surface area contributed by atoms with Gasteiger partial charge in [0.05, 0.1) is 11.9 Å². The minimum absolute atomic E-state index is 0.0310. The zero-order valence-electron chi connectivity index (χ0n) is 10.6. The minimum atomic E-state index is -3.56. The standard InChI is InChI=1S/C11H19N3O2S/c1-5-14(11(2,3)4)17(15,16)10-7-6-9(12)8-13-10/h6-8H,5,12H2,1-4H3. The van der Waals surface area contributed by atoms with Gasteiger partial charge in [0.1, 0.15) is 0 Å². The van der Waals surface area contributed by atoms with Crippen LogP contribution in [0.15, 0.2) is 23.4 Å². The van der Waals surface area contributed by atoms with Gasteiger partial charge in [-0.25, -0.2) is 13.4 Å². The lowest BCUT2D eigenvalue weighted by molar-refractivity contribution is 0.259. The second-order valence-corrected chi connectivity index (χ2v) is 6.58. The normalized spacial score (nSPS) is 13.0. The van der Waals surface area contributed by atoms with E-state index in [-0.39, 0.29) is 5.03 Å². The van der Waals surface area contributed by atoms with Crippen LogP contribution in [-0.4, -0.2) is 29.8 Å². The van der Waals surface area contributed by atoms with Crippen LogP contribution in [0.1, 0.15) is 27.7 Å². The van der Waals surface area contributed by atoms with Gasteiger partial charge in [0, 0.05) is 12.1 Å². The van der Waals surface area contributed by atoms with Gasteiger partial charge in [-0.05, 0) is 32.9 Å². The number of anilines is 1. The quantitative estimate of drug-likeness (QED) is 0.889. The molecule has 1 aromatic rings. The van der Waals surface area contributed by atoms with Crippen LogP contribution in [0.4, 0.5) is 5.69 Å². The van der Waals surface area contributed by atoms with E-state index in [1.165, 1.54) is 22.6 Å². The Morgan fingerprint density at radius 2 is 1.94 bits per heavy atom. The Hall–Kier alpha value is -1.14. The topological polar surface area (TPSA) is 76.3 Å². The molecule has 96 valence electrons. The predicted octanol–water partition coefficient (Wildman–Crippen LogP) is 1.47. The summed E-state index contributed by atoms with van der Waals surface area (Å²) in [5.41, 5.74) is 5.46. The Balaban J connectivity index is 3.23. The van der Waals surface area contributed by atoms with Gasteiger partial charge < -0.3 is 5.73 Å². The summed E-state index contributed by atoms with van der Waals surface area (Å²) in [7, 11) is -3.56. The highest BCUT2D eigenvalue weighted by Crippen LogP contribution is 2.22. The number of rotatable bonds is 3. The molecule has 0 aromatic carbocycles. The molecule has 0 aliphatic rings. The molecule has 0 fully saturated rings. The summed E-state index contributed by atoms with van der Waals surface area (Å²) in [5.74, 6) is 0. The molecule has 5 nitrogen and oxygen atoms in total. The van der Waals surface area contributed by atoms with E-state index in [0.29, 0.717) is 12.2 Å². The summed E-state index contributed by atoms with van der Waals surface area (Å²) in [6, 6.07) is 2.97. The van der Waals surface area contributed by atoms with Crippen LogP contribution in [0, 0.1) is 0 Å². The number of hydrogen-bond acceptors (Lipinski definition) is 4. The number of nitrogens with two attached hydrogens (primary N) is 1. The fraction of sp³-hybridized carbons (Fsp3) is 0.545. The van der Waals surface area contributed by atoms with Gasteiger partial charge in [0.25, 0.3) is 10.0 Å². The molecule has 1 heterocycles. The molecule has 1 aromatic heterocycles. The zero-order chi connectivity index (χ0) is 13.3. The van der Waals surface area contributed by atoms with Crippen molar-refractivity contribution in [1.29, 1.82) is 0 Å². The van der Waals surface area contributed by atoms with Crippen molar-refractivity contribution < 1.29 is 8.42 Å². The molecule has 0 unspecified atom stereocenters. The summed E-state index contributed by atoms with van der Waals surface area (Å²) >= 11 is 0. The van der Waals surface area contributed by atoms with Crippen LogP contribution in [0.2, 0.25) is 0 Å². The average Bonchev–Trinajstić information content (AvgIpc) is 2.16. The SMILES string of the molecule is CCN(C(C)(C)C)S(=O)(=O)c1ccc(N)cn1. The third kappa shape index (κ3) is 2.95. The van der Waals surface area contributed by atoms with Crippen LogP contribution in [0.25, 0.3) is 0 Å². The van der Waals surface area contributed by atoms with Crippen LogP contribution in [-0.2, 0) is 10.0 Å². The third-order valence-corrected chi connectivity index (χ3v) is 4.51. The Morgan fingerprint density at radius 3 is 2.29 bits per heavy atom. The molecule has 0 amide bonds. The maximum Gasteiger partial charge on any atom is 0.260 e. The lowest BCUT2D eigenvalue weighted by atomic mass is 10.1. The van der Waals surface area contributed by atoms with Gasteiger partial charge in [-0.1, -0.05) is 6.92 Å². The monoisotopic (exact) mass is 257 g/mol. The van der Waals surface area contributed by atoms with E-state index in [2.05, 4.69) is 4.98 Å². The van der Waals surface area contributed by atoms with Gasteiger partial charge in [0.2, 0.25) is 0 Å². The first-order chi connectivity index (χ1) is 7.69.